The fourth-order valence-electron chi connectivity index (χ4n) is 2.78. The molecule has 1 unspecified atom stereocenters. The van der Waals surface area contributed by atoms with Crippen molar-refractivity contribution in [1.82, 2.24) is 10.1 Å². The van der Waals surface area contributed by atoms with Gasteiger partial charge in [0.15, 0.2) is 5.76 Å². The molecule has 1 amide bonds. The van der Waals surface area contributed by atoms with Gasteiger partial charge in [0.1, 0.15) is 17.3 Å². The number of aryl methyl sites for hydroxylation is 1. The van der Waals surface area contributed by atoms with Gasteiger partial charge in [-0.15, -0.1) is 11.3 Å². The Bertz CT molecular complexity index is 726. The number of fused-ring (bicyclic) bond motifs is 1. The van der Waals surface area contributed by atoms with Gasteiger partial charge in [0.25, 0.3) is 0 Å². The van der Waals surface area contributed by atoms with E-state index in [0.717, 1.165) is 6.42 Å². The predicted molar refractivity (Wildman–Crippen MR) is 77.8 cm³/mol. The van der Waals surface area contributed by atoms with Crippen LogP contribution in [0.25, 0.3) is 0 Å². The van der Waals surface area contributed by atoms with Crippen molar-refractivity contribution >= 4 is 17.2 Å². The van der Waals surface area contributed by atoms with E-state index in [-0.39, 0.29) is 18.4 Å². The number of amides is 1. The first kappa shape index (κ1) is 13.8. The molecule has 0 spiro atoms. The van der Waals surface area contributed by atoms with E-state index >= 15 is 0 Å². The van der Waals surface area contributed by atoms with Crippen molar-refractivity contribution in [3.05, 3.63) is 38.9 Å². The zero-order chi connectivity index (χ0) is 15.0. The van der Waals surface area contributed by atoms with Crippen molar-refractivity contribution in [3.63, 3.8) is 0 Å². The van der Waals surface area contributed by atoms with Crippen LogP contribution in [-0.4, -0.2) is 22.5 Å². The fourth-order valence-corrected chi connectivity index (χ4v) is 3.74. The van der Waals surface area contributed by atoms with Crippen LogP contribution >= 0.6 is 11.3 Å². The summed E-state index contributed by atoms with van der Waals surface area (Å²) in [6.45, 7) is 4.44. The van der Waals surface area contributed by atoms with Crippen LogP contribution in [0.15, 0.2) is 16.0 Å². The lowest BCUT2D eigenvalue weighted by Gasteiger charge is -2.33. The summed E-state index contributed by atoms with van der Waals surface area (Å²) in [5, 5.41) is 15.0. The summed E-state index contributed by atoms with van der Waals surface area (Å²) in [6, 6.07) is 4.21. The highest BCUT2D eigenvalue weighted by Gasteiger charge is 2.29. The van der Waals surface area contributed by atoms with E-state index in [0.29, 0.717) is 23.6 Å². The van der Waals surface area contributed by atoms with Crippen LogP contribution in [0.3, 0.4) is 0 Å². The van der Waals surface area contributed by atoms with Crippen LogP contribution in [0.1, 0.15) is 40.4 Å². The molecule has 0 aromatic carbocycles. The molecule has 1 aliphatic rings. The Kier molecular flexibility index (Phi) is 3.52. The second-order valence-corrected chi connectivity index (χ2v) is 6.16. The minimum atomic E-state index is -0.0100. The highest BCUT2D eigenvalue weighted by atomic mass is 32.1. The summed E-state index contributed by atoms with van der Waals surface area (Å²) in [5.74, 6) is 0.455. The van der Waals surface area contributed by atoms with Crippen LogP contribution in [0, 0.1) is 18.3 Å². The molecule has 3 heterocycles. The lowest BCUT2D eigenvalue weighted by atomic mass is 10.0. The summed E-state index contributed by atoms with van der Waals surface area (Å²) in [7, 11) is 0. The quantitative estimate of drug-likeness (QED) is 0.855. The third-order valence-electron chi connectivity index (χ3n) is 3.96. The van der Waals surface area contributed by atoms with E-state index < -0.39 is 0 Å². The smallest absolute Gasteiger partial charge is 0.229 e. The zero-order valence-electron chi connectivity index (χ0n) is 11.9. The minimum Gasteiger partial charge on any atom is -0.360 e. The largest absolute Gasteiger partial charge is 0.360 e. The van der Waals surface area contributed by atoms with E-state index in [1.165, 1.54) is 10.4 Å². The van der Waals surface area contributed by atoms with Gasteiger partial charge >= 0.3 is 0 Å². The molecule has 2 aromatic heterocycles. The molecular weight excluding hydrogens is 286 g/mol. The molecule has 0 saturated carbocycles. The number of thiophene rings is 1. The van der Waals surface area contributed by atoms with Gasteiger partial charge in [-0.3, -0.25) is 4.79 Å². The average molecular weight is 301 g/mol. The third kappa shape index (κ3) is 2.34. The first-order valence-corrected chi connectivity index (χ1v) is 7.70. The van der Waals surface area contributed by atoms with E-state index in [4.69, 9.17) is 9.78 Å². The number of aromatic nitrogens is 1. The molecule has 21 heavy (non-hydrogen) atoms. The van der Waals surface area contributed by atoms with Gasteiger partial charge in [0, 0.05) is 11.4 Å². The number of carbonyl (C=O) groups is 1. The van der Waals surface area contributed by atoms with Crippen molar-refractivity contribution in [3.8, 4) is 6.07 Å². The van der Waals surface area contributed by atoms with Gasteiger partial charge in [0.05, 0.1) is 12.5 Å². The number of nitrogens with zero attached hydrogens (tertiary/aromatic N) is 3. The fraction of sp³-hybridized carbons (Fsp3) is 0.400. The third-order valence-corrected chi connectivity index (χ3v) is 4.96. The molecule has 0 fully saturated rings. The van der Waals surface area contributed by atoms with E-state index in [1.807, 2.05) is 17.9 Å². The van der Waals surface area contributed by atoms with Crippen molar-refractivity contribution in [2.75, 3.05) is 6.54 Å². The maximum absolute atomic E-state index is 12.5. The summed E-state index contributed by atoms with van der Waals surface area (Å²) in [5.41, 5.74) is 2.05. The maximum atomic E-state index is 12.5. The van der Waals surface area contributed by atoms with Crippen molar-refractivity contribution in [1.29, 1.82) is 5.26 Å². The Morgan fingerprint density at radius 3 is 3.24 bits per heavy atom. The summed E-state index contributed by atoms with van der Waals surface area (Å²) in [6.07, 6.45) is 1.01. The first-order chi connectivity index (χ1) is 10.1. The molecule has 0 radical (unpaired) electrons. The predicted octanol–water partition coefficient (Wildman–Crippen LogP) is 2.60. The molecule has 1 aliphatic heterocycles. The summed E-state index contributed by atoms with van der Waals surface area (Å²) < 4.78 is 5.00. The Balaban J connectivity index is 1.79. The Morgan fingerprint density at radius 1 is 1.67 bits per heavy atom. The molecule has 6 heteroatoms. The second kappa shape index (κ2) is 5.34. The van der Waals surface area contributed by atoms with Crippen LogP contribution in [0.4, 0.5) is 0 Å². The number of carbonyl (C=O) groups excluding carboxylic acids is 1. The molecule has 0 N–H and O–H groups in total. The van der Waals surface area contributed by atoms with Crippen molar-refractivity contribution < 1.29 is 9.32 Å². The molecular formula is C15H15N3O2S. The molecule has 1 atom stereocenters. The topological polar surface area (TPSA) is 70.1 Å². The Labute approximate surface area is 126 Å². The monoisotopic (exact) mass is 301 g/mol. The number of nitriles is 1. The van der Waals surface area contributed by atoms with Crippen molar-refractivity contribution in [2.24, 2.45) is 0 Å². The number of hydrogen-bond acceptors (Lipinski definition) is 5. The molecule has 0 saturated heterocycles. The number of hydrogen-bond donors (Lipinski definition) is 0. The van der Waals surface area contributed by atoms with Crippen LogP contribution in [-0.2, 0) is 17.6 Å². The molecule has 5 nitrogen and oxygen atoms in total. The second-order valence-electron chi connectivity index (χ2n) is 5.16. The van der Waals surface area contributed by atoms with Gasteiger partial charge in [-0.05, 0) is 37.3 Å². The van der Waals surface area contributed by atoms with E-state index in [9.17, 15) is 4.79 Å². The lowest BCUT2D eigenvalue weighted by Crippen LogP contribution is -2.39. The summed E-state index contributed by atoms with van der Waals surface area (Å²) in [4.78, 5) is 15.7. The van der Waals surface area contributed by atoms with Gasteiger partial charge in [-0.2, -0.15) is 5.26 Å². The first-order valence-electron chi connectivity index (χ1n) is 6.82. The zero-order valence-corrected chi connectivity index (χ0v) is 12.7. The van der Waals surface area contributed by atoms with Crippen LogP contribution in [0.5, 0.6) is 0 Å². The van der Waals surface area contributed by atoms with Gasteiger partial charge in [-0.1, -0.05) is 5.16 Å². The standard InChI is InChI=1S/C15H15N3O2S/c1-9-11-4-6-21-14(11)3-5-18(9)15(19)7-13-12(8-16)10(2)20-17-13/h4,6,9H,3,5,7H2,1-2H3. The summed E-state index contributed by atoms with van der Waals surface area (Å²) >= 11 is 1.75. The normalized spacial score (nSPS) is 17.4. The molecule has 3 rings (SSSR count). The van der Waals surface area contributed by atoms with Crippen molar-refractivity contribution in [2.45, 2.75) is 32.7 Å². The van der Waals surface area contributed by atoms with Gasteiger partial charge < -0.3 is 9.42 Å². The van der Waals surface area contributed by atoms with E-state index in [1.54, 1.807) is 18.3 Å². The van der Waals surface area contributed by atoms with Gasteiger partial charge in [0.2, 0.25) is 5.91 Å². The van der Waals surface area contributed by atoms with E-state index in [2.05, 4.69) is 16.6 Å². The Morgan fingerprint density at radius 2 is 2.48 bits per heavy atom. The number of rotatable bonds is 2. The highest BCUT2D eigenvalue weighted by molar-refractivity contribution is 7.10. The van der Waals surface area contributed by atoms with Crippen LogP contribution < -0.4 is 0 Å². The molecule has 108 valence electrons. The molecule has 0 aliphatic carbocycles. The average Bonchev–Trinajstić information content (AvgIpc) is 3.06. The maximum Gasteiger partial charge on any atom is 0.229 e. The molecule has 2 aromatic rings. The SMILES string of the molecule is Cc1onc(CC(=O)N2CCc3sccc3C2C)c1C#N. The lowest BCUT2D eigenvalue weighted by molar-refractivity contribution is -0.133. The Hall–Kier alpha value is -2.13. The van der Waals surface area contributed by atoms with Gasteiger partial charge in [-0.25, -0.2) is 0 Å². The molecule has 0 bridgehead atoms. The minimum absolute atomic E-state index is 0.0100. The highest BCUT2D eigenvalue weighted by Crippen LogP contribution is 2.33. The van der Waals surface area contributed by atoms with Crippen LogP contribution in [0.2, 0.25) is 0 Å².